The summed E-state index contributed by atoms with van der Waals surface area (Å²) in [5, 5.41) is 21.9. The third kappa shape index (κ3) is 5.19. The van der Waals surface area contributed by atoms with Crippen molar-refractivity contribution >= 4 is 5.97 Å². The normalized spacial score (nSPS) is 17.4. The van der Waals surface area contributed by atoms with E-state index in [9.17, 15) is 9.90 Å². The Hall–Kier alpha value is -1.07. The van der Waals surface area contributed by atoms with Crippen LogP contribution in [0.5, 0.6) is 0 Å². The van der Waals surface area contributed by atoms with Crippen molar-refractivity contribution in [3.63, 3.8) is 0 Å². The summed E-state index contributed by atoms with van der Waals surface area (Å²) in [4.78, 5) is 12.5. The molecule has 0 spiro atoms. The number of aliphatic hydroxyl groups is 1. The molecule has 17 heavy (non-hydrogen) atoms. The zero-order valence-corrected chi connectivity index (χ0v) is 11.3. The van der Waals surface area contributed by atoms with Crippen molar-refractivity contribution < 1.29 is 15.0 Å². The molecule has 0 fully saturated rings. The number of aliphatic carboxylic acids is 1. The van der Waals surface area contributed by atoms with E-state index in [2.05, 4.69) is 5.32 Å². The Morgan fingerprint density at radius 3 is 2.29 bits per heavy atom. The molecule has 0 amide bonds. The lowest BCUT2D eigenvalue weighted by Crippen LogP contribution is -2.38. The molecular weight excluding hydrogens is 220 g/mol. The molecule has 3 atom stereocenters. The minimum Gasteiger partial charge on any atom is -0.477 e. The van der Waals surface area contributed by atoms with Crippen LogP contribution in [0.2, 0.25) is 0 Å². The number of nitrogens with zero attached hydrogens (tertiary/aromatic N) is 1. The fourth-order valence-electron chi connectivity index (χ4n) is 1.56. The summed E-state index contributed by atoms with van der Waals surface area (Å²) in [6, 6.07) is -0.00830. The Morgan fingerprint density at radius 1 is 1.41 bits per heavy atom. The molecule has 0 aliphatic rings. The van der Waals surface area contributed by atoms with Crippen LogP contribution >= 0.6 is 0 Å². The van der Waals surface area contributed by atoms with Crippen molar-refractivity contribution in [3.05, 3.63) is 11.8 Å². The molecule has 0 aliphatic heterocycles. The van der Waals surface area contributed by atoms with E-state index in [1.54, 1.807) is 32.1 Å². The number of aliphatic hydroxyl groups excluding tert-OH is 1. The molecule has 3 unspecified atom stereocenters. The molecule has 3 N–H and O–H groups in total. The van der Waals surface area contributed by atoms with Gasteiger partial charge < -0.3 is 20.4 Å². The van der Waals surface area contributed by atoms with E-state index < -0.39 is 12.1 Å². The highest BCUT2D eigenvalue weighted by Crippen LogP contribution is 2.14. The third-order valence-corrected chi connectivity index (χ3v) is 2.93. The molecule has 0 heterocycles. The van der Waals surface area contributed by atoms with Crippen LogP contribution in [0.15, 0.2) is 11.8 Å². The first-order valence-electron chi connectivity index (χ1n) is 5.77. The van der Waals surface area contributed by atoms with Gasteiger partial charge in [-0.1, -0.05) is 13.0 Å². The number of hydrogen-bond donors (Lipinski definition) is 3. The molecule has 5 nitrogen and oxygen atoms in total. The minimum absolute atomic E-state index is 0.00625. The molecule has 0 saturated heterocycles. The van der Waals surface area contributed by atoms with Gasteiger partial charge in [-0.3, -0.25) is 0 Å². The van der Waals surface area contributed by atoms with Crippen LogP contribution in [0.1, 0.15) is 20.3 Å². The van der Waals surface area contributed by atoms with Crippen molar-refractivity contribution in [1.82, 2.24) is 10.2 Å². The van der Waals surface area contributed by atoms with Crippen LogP contribution in [0.25, 0.3) is 0 Å². The van der Waals surface area contributed by atoms with Gasteiger partial charge in [0.15, 0.2) is 0 Å². The van der Waals surface area contributed by atoms with Crippen LogP contribution in [0.4, 0.5) is 0 Å². The molecule has 0 radical (unpaired) electrons. The van der Waals surface area contributed by atoms with Crippen molar-refractivity contribution in [2.24, 2.45) is 5.92 Å². The van der Waals surface area contributed by atoms with Crippen molar-refractivity contribution in [2.45, 2.75) is 32.4 Å². The first-order valence-corrected chi connectivity index (χ1v) is 5.77. The molecule has 0 aromatic carbocycles. The maximum atomic E-state index is 10.9. The summed E-state index contributed by atoms with van der Waals surface area (Å²) in [6.45, 7) is 3.80. The summed E-state index contributed by atoms with van der Waals surface area (Å²) >= 11 is 0. The number of rotatable bonds is 7. The first-order chi connectivity index (χ1) is 7.81. The molecule has 0 saturated carbocycles. The van der Waals surface area contributed by atoms with Gasteiger partial charge >= 0.3 is 5.97 Å². The molecule has 5 heteroatoms. The van der Waals surface area contributed by atoms with Crippen molar-refractivity contribution in [2.75, 3.05) is 21.1 Å². The number of carboxylic acids is 1. The summed E-state index contributed by atoms with van der Waals surface area (Å²) in [6.07, 6.45) is 1.69. The highest BCUT2D eigenvalue weighted by atomic mass is 16.4. The molecule has 0 rings (SSSR count). The Morgan fingerprint density at radius 2 is 1.94 bits per heavy atom. The van der Waals surface area contributed by atoms with E-state index in [1.807, 2.05) is 13.8 Å². The third-order valence-electron chi connectivity index (χ3n) is 2.93. The second-order valence-electron chi connectivity index (χ2n) is 4.57. The van der Waals surface area contributed by atoms with Gasteiger partial charge in [0.1, 0.15) is 5.70 Å². The molecule has 0 aliphatic carbocycles. The van der Waals surface area contributed by atoms with Gasteiger partial charge in [0, 0.05) is 20.1 Å². The van der Waals surface area contributed by atoms with E-state index in [1.165, 1.54) is 0 Å². The number of nitrogens with one attached hydrogen (secondary N) is 1. The topological polar surface area (TPSA) is 72.8 Å². The summed E-state index contributed by atoms with van der Waals surface area (Å²) in [7, 11) is 5.17. The Labute approximate surface area is 103 Å². The van der Waals surface area contributed by atoms with Gasteiger partial charge in [-0.05, 0) is 26.3 Å². The maximum Gasteiger partial charge on any atom is 0.351 e. The van der Waals surface area contributed by atoms with Gasteiger partial charge in [0.05, 0.1) is 6.10 Å². The van der Waals surface area contributed by atoms with Gasteiger partial charge in [-0.15, -0.1) is 0 Å². The lowest BCUT2D eigenvalue weighted by Gasteiger charge is -2.24. The monoisotopic (exact) mass is 244 g/mol. The standard InChI is InChI=1S/C12H24N2O3/c1-8(11(15)9(2)13-3)6-7-10(12(16)17)14(4)5/h7-9,11,13,15H,6H2,1-5H3,(H,16,17). The smallest absolute Gasteiger partial charge is 0.351 e. The lowest BCUT2D eigenvalue weighted by atomic mass is 9.95. The fraction of sp³-hybridized carbons (Fsp3) is 0.750. The van der Waals surface area contributed by atoms with Gasteiger partial charge in [-0.2, -0.15) is 0 Å². The van der Waals surface area contributed by atoms with Crippen LogP contribution < -0.4 is 5.32 Å². The zero-order chi connectivity index (χ0) is 13.6. The average molecular weight is 244 g/mol. The average Bonchev–Trinajstić information content (AvgIpc) is 2.25. The molecular formula is C12H24N2O3. The molecule has 0 aromatic rings. The number of hydrogen-bond acceptors (Lipinski definition) is 4. The number of allylic oxidation sites excluding steroid dienone is 1. The lowest BCUT2D eigenvalue weighted by molar-refractivity contribution is -0.134. The number of likely N-dealkylation sites (N-methyl/N-ethyl adjacent to an activating group) is 2. The van der Waals surface area contributed by atoms with Crippen LogP contribution in [0.3, 0.4) is 0 Å². The second kappa shape index (κ2) is 7.29. The molecule has 100 valence electrons. The number of carbonyl (C=O) groups is 1. The predicted octanol–water partition coefficient (Wildman–Crippen LogP) is 0.511. The SMILES string of the molecule is CNC(C)C(O)C(C)CC=C(C(=O)O)N(C)C. The largest absolute Gasteiger partial charge is 0.477 e. The van der Waals surface area contributed by atoms with E-state index in [-0.39, 0.29) is 17.7 Å². The Balaban J connectivity index is 4.52. The van der Waals surface area contributed by atoms with Crippen LogP contribution in [0, 0.1) is 5.92 Å². The van der Waals surface area contributed by atoms with Gasteiger partial charge in [0.2, 0.25) is 0 Å². The van der Waals surface area contributed by atoms with E-state index in [0.29, 0.717) is 6.42 Å². The highest BCUT2D eigenvalue weighted by Gasteiger charge is 2.19. The van der Waals surface area contributed by atoms with Crippen LogP contribution in [-0.2, 0) is 4.79 Å². The predicted molar refractivity (Wildman–Crippen MR) is 67.7 cm³/mol. The summed E-state index contributed by atoms with van der Waals surface area (Å²) in [5.41, 5.74) is 0.251. The summed E-state index contributed by atoms with van der Waals surface area (Å²) < 4.78 is 0. The highest BCUT2D eigenvalue weighted by molar-refractivity contribution is 5.85. The second-order valence-corrected chi connectivity index (χ2v) is 4.57. The number of carboxylic acid groups (broad SMARTS) is 1. The minimum atomic E-state index is -0.946. The Kier molecular flexibility index (Phi) is 6.83. The fourth-order valence-corrected chi connectivity index (χ4v) is 1.56. The maximum absolute atomic E-state index is 10.9. The Bertz CT molecular complexity index is 277. The molecule has 0 aromatic heterocycles. The molecule has 0 bridgehead atoms. The quantitative estimate of drug-likeness (QED) is 0.569. The van der Waals surface area contributed by atoms with Crippen molar-refractivity contribution in [1.29, 1.82) is 0 Å². The first kappa shape index (κ1) is 15.9. The van der Waals surface area contributed by atoms with E-state index in [0.717, 1.165) is 0 Å². The van der Waals surface area contributed by atoms with E-state index in [4.69, 9.17) is 5.11 Å². The van der Waals surface area contributed by atoms with E-state index >= 15 is 0 Å². The van der Waals surface area contributed by atoms with Crippen LogP contribution in [-0.4, -0.2) is 54.4 Å². The zero-order valence-electron chi connectivity index (χ0n) is 11.3. The summed E-state index contributed by atoms with van der Waals surface area (Å²) in [5.74, 6) is -0.940. The van der Waals surface area contributed by atoms with Crippen molar-refractivity contribution in [3.8, 4) is 0 Å². The van der Waals surface area contributed by atoms with Gasteiger partial charge in [0.25, 0.3) is 0 Å². The van der Waals surface area contributed by atoms with Gasteiger partial charge in [-0.25, -0.2) is 4.79 Å².